The lowest BCUT2D eigenvalue weighted by Crippen LogP contribution is -2.43. The first-order valence-corrected chi connectivity index (χ1v) is 10.2. The van der Waals surface area contributed by atoms with Gasteiger partial charge in [-0.15, -0.1) is 0 Å². The van der Waals surface area contributed by atoms with E-state index >= 15 is 0 Å². The zero-order chi connectivity index (χ0) is 21.6. The molecule has 0 atom stereocenters. The SMILES string of the molecule is CCOc1cc(CNC(C)(C)CC(C)(C)C)ccc1OCC(=O)NC(C)(C)C. The van der Waals surface area contributed by atoms with E-state index in [-0.39, 0.29) is 29.0 Å². The minimum Gasteiger partial charge on any atom is -0.490 e. The monoisotopic (exact) mass is 392 g/mol. The second-order valence-corrected chi connectivity index (χ2v) is 10.3. The van der Waals surface area contributed by atoms with Crippen LogP contribution >= 0.6 is 0 Å². The van der Waals surface area contributed by atoms with Gasteiger partial charge in [0.25, 0.3) is 5.91 Å². The van der Waals surface area contributed by atoms with Crippen molar-refractivity contribution in [2.75, 3.05) is 13.2 Å². The van der Waals surface area contributed by atoms with Crippen LogP contribution in [0.25, 0.3) is 0 Å². The first kappa shape index (κ1) is 24.3. The van der Waals surface area contributed by atoms with Crippen molar-refractivity contribution in [3.05, 3.63) is 23.8 Å². The van der Waals surface area contributed by atoms with Gasteiger partial charge in [0.2, 0.25) is 0 Å². The summed E-state index contributed by atoms with van der Waals surface area (Å²) in [5.74, 6) is 1.10. The van der Waals surface area contributed by atoms with Crippen LogP contribution in [0.1, 0.15) is 74.3 Å². The lowest BCUT2D eigenvalue weighted by Gasteiger charge is -2.33. The Balaban J connectivity index is 2.77. The van der Waals surface area contributed by atoms with Gasteiger partial charge in [-0.3, -0.25) is 4.79 Å². The van der Waals surface area contributed by atoms with Gasteiger partial charge in [-0.1, -0.05) is 26.8 Å². The minimum atomic E-state index is -0.279. The molecule has 0 saturated carbocycles. The van der Waals surface area contributed by atoms with Gasteiger partial charge in [0.15, 0.2) is 18.1 Å². The molecule has 0 saturated heterocycles. The molecular formula is C23H40N2O3. The van der Waals surface area contributed by atoms with Gasteiger partial charge in [-0.05, 0) is 71.1 Å². The molecule has 0 unspecified atom stereocenters. The first-order chi connectivity index (χ1) is 12.7. The highest BCUT2D eigenvalue weighted by molar-refractivity contribution is 5.78. The summed E-state index contributed by atoms with van der Waals surface area (Å²) in [6.07, 6.45) is 1.07. The molecule has 0 aliphatic heterocycles. The number of rotatable bonds is 9. The number of carbonyl (C=O) groups is 1. The van der Waals surface area contributed by atoms with E-state index in [0.717, 1.165) is 18.5 Å². The number of ether oxygens (including phenoxy) is 2. The summed E-state index contributed by atoms with van der Waals surface area (Å²) >= 11 is 0. The average Bonchev–Trinajstić information content (AvgIpc) is 2.48. The molecule has 2 N–H and O–H groups in total. The largest absolute Gasteiger partial charge is 0.490 e. The summed E-state index contributed by atoms with van der Waals surface area (Å²) in [6, 6.07) is 5.88. The lowest BCUT2D eigenvalue weighted by atomic mass is 9.82. The summed E-state index contributed by atoms with van der Waals surface area (Å²) in [5, 5.41) is 6.53. The summed E-state index contributed by atoms with van der Waals surface area (Å²) in [7, 11) is 0. The Morgan fingerprint density at radius 1 is 0.964 bits per heavy atom. The molecule has 1 amide bonds. The van der Waals surface area contributed by atoms with Gasteiger partial charge in [0, 0.05) is 17.6 Å². The third-order valence-electron chi connectivity index (χ3n) is 3.92. The van der Waals surface area contributed by atoms with Crippen LogP contribution < -0.4 is 20.1 Å². The predicted octanol–water partition coefficient (Wildman–Crippen LogP) is 4.68. The fourth-order valence-electron chi connectivity index (χ4n) is 3.38. The van der Waals surface area contributed by atoms with Crippen LogP contribution in [0.15, 0.2) is 18.2 Å². The Labute approximate surface area is 171 Å². The number of hydrogen-bond acceptors (Lipinski definition) is 4. The van der Waals surface area contributed by atoms with E-state index in [0.29, 0.717) is 18.1 Å². The number of amides is 1. The molecule has 1 aromatic carbocycles. The third kappa shape index (κ3) is 9.98. The zero-order valence-electron chi connectivity index (χ0n) is 19.3. The molecule has 1 rings (SSSR count). The maximum atomic E-state index is 12.0. The fourth-order valence-corrected chi connectivity index (χ4v) is 3.38. The van der Waals surface area contributed by atoms with Crippen molar-refractivity contribution < 1.29 is 14.3 Å². The summed E-state index contributed by atoms with van der Waals surface area (Å²) in [6.45, 7) is 20.2. The van der Waals surface area contributed by atoms with Crippen LogP contribution in [0.4, 0.5) is 0 Å². The first-order valence-electron chi connectivity index (χ1n) is 10.2. The second kappa shape index (κ2) is 9.64. The van der Waals surface area contributed by atoms with Crippen molar-refractivity contribution >= 4 is 5.91 Å². The van der Waals surface area contributed by atoms with Gasteiger partial charge in [-0.25, -0.2) is 0 Å². The predicted molar refractivity (Wildman–Crippen MR) is 116 cm³/mol. The Morgan fingerprint density at radius 3 is 2.14 bits per heavy atom. The Bertz CT molecular complexity index is 640. The Morgan fingerprint density at radius 2 is 1.61 bits per heavy atom. The summed E-state index contributed by atoms with van der Waals surface area (Å²) < 4.78 is 11.4. The Hall–Kier alpha value is -1.75. The van der Waals surface area contributed by atoms with Gasteiger partial charge >= 0.3 is 0 Å². The molecule has 0 aliphatic carbocycles. The van der Waals surface area contributed by atoms with Crippen molar-refractivity contribution in [3.8, 4) is 11.5 Å². The molecule has 1 aromatic rings. The van der Waals surface area contributed by atoms with E-state index in [4.69, 9.17) is 9.47 Å². The van der Waals surface area contributed by atoms with Crippen molar-refractivity contribution in [3.63, 3.8) is 0 Å². The van der Waals surface area contributed by atoms with Crippen LogP contribution in [-0.2, 0) is 11.3 Å². The van der Waals surface area contributed by atoms with Crippen molar-refractivity contribution in [2.45, 2.75) is 86.4 Å². The topological polar surface area (TPSA) is 59.6 Å². The molecule has 0 radical (unpaired) electrons. The van der Waals surface area contributed by atoms with Crippen LogP contribution in [0, 0.1) is 5.41 Å². The standard InChI is InChI=1S/C23H40N2O3/c1-10-27-19-13-17(14-24-23(8,9)16-21(2,3)4)11-12-18(19)28-15-20(26)25-22(5,6)7/h11-13,24H,10,14-16H2,1-9H3,(H,25,26). The summed E-state index contributed by atoms with van der Waals surface area (Å²) in [4.78, 5) is 12.0. The van der Waals surface area contributed by atoms with E-state index < -0.39 is 0 Å². The minimum absolute atomic E-state index is 0.0320. The molecule has 0 heterocycles. The number of carbonyl (C=O) groups excluding carboxylic acids is 1. The molecule has 28 heavy (non-hydrogen) atoms. The normalized spacial score (nSPS) is 12.6. The maximum absolute atomic E-state index is 12.0. The van der Waals surface area contributed by atoms with Gasteiger partial charge in [0.05, 0.1) is 6.61 Å². The lowest BCUT2D eigenvalue weighted by molar-refractivity contribution is -0.124. The number of hydrogen-bond donors (Lipinski definition) is 2. The number of nitrogens with one attached hydrogen (secondary N) is 2. The molecular weight excluding hydrogens is 352 g/mol. The van der Waals surface area contributed by atoms with Gasteiger partial charge in [0.1, 0.15) is 0 Å². The van der Waals surface area contributed by atoms with E-state index in [2.05, 4.69) is 45.3 Å². The van der Waals surface area contributed by atoms with E-state index in [1.54, 1.807) is 0 Å². The molecule has 0 aromatic heterocycles. The van der Waals surface area contributed by atoms with Gasteiger partial charge in [-0.2, -0.15) is 0 Å². The number of benzene rings is 1. The quantitative estimate of drug-likeness (QED) is 0.640. The van der Waals surface area contributed by atoms with Crippen molar-refractivity contribution in [2.24, 2.45) is 5.41 Å². The average molecular weight is 393 g/mol. The molecule has 0 spiro atoms. The van der Waals surface area contributed by atoms with Crippen LogP contribution in [-0.4, -0.2) is 30.2 Å². The highest BCUT2D eigenvalue weighted by Crippen LogP contribution is 2.30. The zero-order valence-corrected chi connectivity index (χ0v) is 19.3. The van der Waals surface area contributed by atoms with Crippen LogP contribution in [0.5, 0.6) is 11.5 Å². The third-order valence-corrected chi connectivity index (χ3v) is 3.92. The molecule has 5 nitrogen and oxygen atoms in total. The second-order valence-electron chi connectivity index (χ2n) is 10.3. The van der Waals surface area contributed by atoms with E-state index in [9.17, 15) is 4.79 Å². The van der Waals surface area contributed by atoms with E-state index in [1.165, 1.54) is 0 Å². The Kier molecular flexibility index (Phi) is 8.36. The van der Waals surface area contributed by atoms with Crippen LogP contribution in [0.2, 0.25) is 0 Å². The maximum Gasteiger partial charge on any atom is 0.258 e. The van der Waals surface area contributed by atoms with E-state index in [1.807, 2.05) is 45.9 Å². The van der Waals surface area contributed by atoms with Crippen molar-refractivity contribution in [1.82, 2.24) is 10.6 Å². The molecule has 0 fully saturated rings. The highest BCUT2D eigenvalue weighted by atomic mass is 16.5. The fraction of sp³-hybridized carbons (Fsp3) is 0.696. The van der Waals surface area contributed by atoms with Gasteiger partial charge < -0.3 is 20.1 Å². The smallest absolute Gasteiger partial charge is 0.258 e. The van der Waals surface area contributed by atoms with Crippen LogP contribution in [0.3, 0.4) is 0 Å². The molecule has 0 aliphatic rings. The molecule has 160 valence electrons. The summed E-state index contributed by atoms with van der Waals surface area (Å²) in [5.41, 5.74) is 1.14. The molecule has 0 bridgehead atoms. The van der Waals surface area contributed by atoms with Crippen molar-refractivity contribution in [1.29, 1.82) is 0 Å². The highest BCUT2D eigenvalue weighted by Gasteiger charge is 2.25. The molecule has 5 heteroatoms.